The molecule has 1 unspecified atom stereocenters. The molecule has 0 aliphatic heterocycles. The van der Waals surface area contributed by atoms with Crippen LogP contribution in [0, 0.1) is 12.8 Å². The number of hydrogen-bond donors (Lipinski definition) is 3. The standard InChI is InChI=1S/C14H23N3O3/c1-3-4-11(5-6-13(18)19)7-8-15-14(20)12-9-16-17-10(12)2/h9,11H,3-8H2,1-2H3,(H,15,20)(H,16,17)(H,18,19). The highest BCUT2D eigenvalue weighted by molar-refractivity contribution is 5.94. The summed E-state index contributed by atoms with van der Waals surface area (Å²) < 4.78 is 0. The van der Waals surface area contributed by atoms with E-state index >= 15 is 0 Å². The number of H-pyrrole nitrogens is 1. The van der Waals surface area contributed by atoms with Gasteiger partial charge in [-0.05, 0) is 25.7 Å². The Hall–Kier alpha value is -1.85. The molecule has 20 heavy (non-hydrogen) atoms. The second-order valence-electron chi connectivity index (χ2n) is 5.04. The average molecular weight is 281 g/mol. The Labute approximate surface area is 119 Å². The number of amides is 1. The molecule has 1 aromatic rings. The van der Waals surface area contributed by atoms with E-state index in [-0.39, 0.29) is 12.3 Å². The predicted molar refractivity (Wildman–Crippen MR) is 75.5 cm³/mol. The largest absolute Gasteiger partial charge is 0.481 e. The van der Waals surface area contributed by atoms with Crippen molar-refractivity contribution < 1.29 is 14.7 Å². The zero-order chi connectivity index (χ0) is 15.0. The number of hydrogen-bond acceptors (Lipinski definition) is 3. The van der Waals surface area contributed by atoms with Gasteiger partial charge in [0.25, 0.3) is 5.91 Å². The van der Waals surface area contributed by atoms with Crippen LogP contribution >= 0.6 is 0 Å². The van der Waals surface area contributed by atoms with Crippen LogP contribution in [-0.4, -0.2) is 33.7 Å². The first-order valence-corrected chi connectivity index (χ1v) is 7.04. The summed E-state index contributed by atoms with van der Waals surface area (Å²) in [6.45, 7) is 4.45. The molecule has 0 saturated carbocycles. The molecule has 0 saturated heterocycles. The Kier molecular flexibility index (Phi) is 6.76. The lowest BCUT2D eigenvalue weighted by atomic mass is 9.94. The number of carbonyl (C=O) groups excluding carboxylic acids is 1. The first-order chi connectivity index (χ1) is 9.54. The van der Waals surface area contributed by atoms with Crippen molar-refractivity contribution in [3.63, 3.8) is 0 Å². The van der Waals surface area contributed by atoms with E-state index < -0.39 is 5.97 Å². The monoisotopic (exact) mass is 281 g/mol. The molecule has 6 heteroatoms. The van der Waals surface area contributed by atoms with Gasteiger partial charge in [0.2, 0.25) is 0 Å². The third kappa shape index (κ3) is 5.42. The maximum atomic E-state index is 11.9. The maximum absolute atomic E-state index is 11.9. The Morgan fingerprint density at radius 2 is 2.15 bits per heavy atom. The van der Waals surface area contributed by atoms with Crippen molar-refractivity contribution in [1.82, 2.24) is 15.5 Å². The summed E-state index contributed by atoms with van der Waals surface area (Å²) in [7, 11) is 0. The minimum Gasteiger partial charge on any atom is -0.481 e. The zero-order valence-electron chi connectivity index (χ0n) is 12.1. The van der Waals surface area contributed by atoms with Crippen molar-refractivity contribution in [3.8, 4) is 0 Å². The van der Waals surface area contributed by atoms with Gasteiger partial charge in [-0.15, -0.1) is 0 Å². The molecule has 3 N–H and O–H groups in total. The van der Waals surface area contributed by atoms with E-state index in [0.29, 0.717) is 24.4 Å². The SMILES string of the molecule is CCCC(CCNC(=O)c1cn[nH]c1C)CCC(=O)O. The average Bonchev–Trinajstić information content (AvgIpc) is 2.82. The van der Waals surface area contributed by atoms with Crippen molar-refractivity contribution in [3.05, 3.63) is 17.5 Å². The number of aryl methyl sites for hydroxylation is 1. The molecule has 1 rings (SSSR count). The highest BCUT2D eigenvalue weighted by atomic mass is 16.4. The fraction of sp³-hybridized carbons (Fsp3) is 0.643. The van der Waals surface area contributed by atoms with Crippen LogP contribution < -0.4 is 5.32 Å². The van der Waals surface area contributed by atoms with Crippen LogP contribution in [0.2, 0.25) is 0 Å². The van der Waals surface area contributed by atoms with E-state index in [1.54, 1.807) is 6.92 Å². The normalized spacial score (nSPS) is 12.1. The fourth-order valence-corrected chi connectivity index (χ4v) is 2.23. The summed E-state index contributed by atoms with van der Waals surface area (Å²) in [5.41, 5.74) is 1.31. The summed E-state index contributed by atoms with van der Waals surface area (Å²) in [5.74, 6) is -0.546. The van der Waals surface area contributed by atoms with Crippen molar-refractivity contribution in [2.24, 2.45) is 5.92 Å². The molecule has 0 radical (unpaired) electrons. The van der Waals surface area contributed by atoms with Crippen LogP contribution in [-0.2, 0) is 4.79 Å². The molecule has 1 amide bonds. The third-order valence-corrected chi connectivity index (χ3v) is 3.38. The van der Waals surface area contributed by atoms with Gasteiger partial charge in [0.05, 0.1) is 11.8 Å². The van der Waals surface area contributed by atoms with Gasteiger partial charge in [-0.25, -0.2) is 0 Å². The molecule has 0 aromatic carbocycles. The highest BCUT2D eigenvalue weighted by Gasteiger charge is 2.13. The van der Waals surface area contributed by atoms with Gasteiger partial charge in [0.1, 0.15) is 0 Å². The first kappa shape index (κ1) is 16.2. The number of aromatic nitrogens is 2. The van der Waals surface area contributed by atoms with Crippen molar-refractivity contribution >= 4 is 11.9 Å². The number of rotatable bonds is 9. The fourth-order valence-electron chi connectivity index (χ4n) is 2.23. The van der Waals surface area contributed by atoms with E-state index in [1.807, 2.05) is 0 Å². The molecule has 0 aliphatic carbocycles. The number of nitrogens with one attached hydrogen (secondary N) is 2. The molecule has 1 aromatic heterocycles. The lowest BCUT2D eigenvalue weighted by Crippen LogP contribution is -2.26. The van der Waals surface area contributed by atoms with Crippen LogP contribution in [0.5, 0.6) is 0 Å². The Bertz CT molecular complexity index is 443. The van der Waals surface area contributed by atoms with Crippen LogP contribution in [0.4, 0.5) is 0 Å². The summed E-state index contributed by atoms with van der Waals surface area (Å²) in [6, 6.07) is 0. The van der Waals surface area contributed by atoms with Crippen molar-refractivity contribution in [1.29, 1.82) is 0 Å². The summed E-state index contributed by atoms with van der Waals surface area (Å²) in [5, 5.41) is 18.1. The van der Waals surface area contributed by atoms with E-state index in [9.17, 15) is 9.59 Å². The van der Waals surface area contributed by atoms with Gasteiger partial charge in [-0.2, -0.15) is 5.10 Å². The lowest BCUT2D eigenvalue weighted by molar-refractivity contribution is -0.137. The smallest absolute Gasteiger partial charge is 0.303 e. The Morgan fingerprint density at radius 3 is 2.70 bits per heavy atom. The van der Waals surface area contributed by atoms with Gasteiger partial charge < -0.3 is 10.4 Å². The van der Waals surface area contributed by atoms with E-state index in [4.69, 9.17) is 5.11 Å². The van der Waals surface area contributed by atoms with Gasteiger partial charge in [0.15, 0.2) is 0 Å². The van der Waals surface area contributed by atoms with Crippen LogP contribution in [0.1, 0.15) is 55.1 Å². The number of carboxylic acids is 1. The summed E-state index contributed by atoms with van der Waals surface area (Å²) in [6.07, 6.45) is 5.21. The highest BCUT2D eigenvalue weighted by Crippen LogP contribution is 2.17. The molecule has 0 fully saturated rings. The second-order valence-corrected chi connectivity index (χ2v) is 5.04. The van der Waals surface area contributed by atoms with E-state index in [1.165, 1.54) is 6.20 Å². The van der Waals surface area contributed by atoms with Gasteiger partial charge in [-0.3, -0.25) is 14.7 Å². The number of nitrogens with zero attached hydrogens (tertiary/aromatic N) is 1. The summed E-state index contributed by atoms with van der Waals surface area (Å²) in [4.78, 5) is 22.5. The number of aromatic amines is 1. The molecule has 0 spiro atoms. The molecule has 0 bridgehead atoms. The molecular weight excluding hydrogens is 258 g/mol. The first-order valence-electron chi connectivity index (χ1n) is 7.04. The summed E-state index contributed by atoms with van der Waals surface area (Å²) >= 11 is 0. The van der Waals surface area contributed by atoms with E-state index in [0.717, 1.165) is 25.0 Å². The minimum absolute atomic E-state index is 0.135. The molecule has 0 aliphatic rings. The quantitative estimate of drug-likeness (QED) is 0.646. The number of carboxylic acid groups (broad SMARTS) is 1. The van der Waals surface area contributed by atoms with Gasteiger partial charge in [-0.1, -0.05) is 19.8 Å². The predicted octanol–water partition coefficient (Wildman–Crippen LogP) is 2.12. The lowest BCUT2D eigenvalue weighted by Gasteiger charge is -2.15. The van der Waals surface area contributed by atoms with Crippen molar-refractivity contribution in [2.45, 2.75) is 46.0 Å². The maximum Gasteiger partial charge on any atom is 0.303 e. The van der Waals surface area contributed by atoms with Crippen LogP contribution in [0.25, 0.3) is 0 Å². The van der Waals surface area contributed by atoms with Crippen LogP contribution in [0.15, 0.2) is 6.20 Å². The Balaban J connectivity index is 2.34. The second kappa shape index (κ2) is 8.35. The third-order valence-electron chi connectivity index (χ3n) is 3.38. The Morgan fingerprint density at radius 1 is 1.40 bits per heavy atom. The molecule has 1 heterocycles. The number of carbonyl (C=O) groups is 2. The minimum atomic E-state index is -0.760. The van der Waals surface area contributed by atoms with Crippen molar-refractivity contribution in [2.75, 3.05) is 6.54 Å². The van der Waals surface area contributed by atoms with E-state index in [2.05, 4.69) is 22.4 Å². The topological polar surface area (TPSA) is 95.1 Å². The molecule has 1 atom stereocenters. The molecule has 6 nitrogen and oxygen atoms in total. The van der Waals surface area contributed by atoms with Gasteiger partial charge >= 0.3 is 5.97 Å². The zero-order valence-corrected chi connectivity index (χ0v) is 12.1. The van der Waals surface area contributed by atoms with Gasteiger partial charge in [0, 0.05) is 18.7 Å². The van der Waals surface area contributed by atoms with Crippen LogP contribution in [0.3, 0.4) is 0 Å². The molecular formula is C14H23N3O3. The number of aliphatic carboxylic acids is 1. The molecule has 112 valence electrons.